The quantitative estimate of drug-likeness (QED) is 0.922. The lowest BCUT2D eigenvalue weighted by Crippen LogP contribution is -2.28. The van der Waals surface area contributed by atoms with Crippen LogP contribution in [0.3, 0.4) is 0 Å². The zero-order valence-corrected chi connectivity index (χ0v) is 14.0. The minimum atomic E-state index is -0.548. The van der Waals surface area contributed by atoms with Crippen molar-refractivity contribution in [2.75, 3.05) is 23.3 Å². The van der Waals surface area contributed by atoms with Crippen molar-refractivity contribution < 1.29 is 9.53 Å². The molecule has 3 heterocycles. The number of amides is 1. The fraction of sp³-hybridized carbons (Fsp3) is 0.562. The maximum atomic E-state index is 12.1. The highest BCUT2D eigenvalue weighted by Crippen LogP contribution is 2.25. The van der Waals surface area contributed by atoms with Crippen LogP contribution < -0.4 is 10.2 Å². The number of aromatic nitrogens is 3. The first-order valence-corrected chi connectivity index (χ1v) is 7.91. The number of hydrogen-bond acceptors (Lipinski definition) is 5. The number of rotatable bonds is 2. The summed E-state index contributed by atoms with van der Waals surface area (Å²) in [5.41, 5.74) is 0.154. The van der Waals surface area contributed by atoms with Crippen molar-refractivity contribution in [3.05, 3.63) is 18.3 Å². The van der Waals surface area contributed by atoms with Crippen LogP contribution in [0.5, 0.6) is 0 Å². The molecule has 1 aliphatic heterocycles. The van der Waals surface area contributed by atoms with Gasteiger partial charge in [-0.1, -0.05) is 6.92 Å². The fourth-order valence-electron chi connectivity index (χ4n) is 2.70. The van der Waals surface area contributed by atoms with Gasteiger partial charge in [0.05, 0.1) is 6.20 Å². The number of ether oxygens (including phenoxy) is 1. The Balaban J connectivity index is 1.89. The number of nitrogens with zero attached hydrogens (tertiary/aromatic N) is 4. The molecule has 1 aliphatic rings. The zero-order chi connectivity index (χ0) is 16.6. The molecular weight excluding hydrogens is 294 g/mol. The molecule has 0 unspecified atom stereocenters. The summed E-state index contributed by atoms with van der Waals surface area (Å²) in [6, 6.07) is 3.67. The molecule has 3 rings (SSSR count). The summed E-state index contributed by atoms with van der Waals surface area (Å²) in [4.78, 5) is 18.9. The number of carbonyl (C=O) groups excluding carboxylic acids is 1. The molecule has 1 fully saturated rings. The Hall–Kier alpha value is -2.31. The molecule has 2 aromatic heterocycles. The van der Waals surface area contributed by atoms with Crippen LogP contribution in [0.4, 0.5) is 16.4 Å². The van der Waals surface area contributed by atoms with Crippen molar-refractivity contribution in [3.63, 3.8) is 0 Å². The van der Waals surface area contributed by atoms with Crippen LogP contribution in [0.25, 0.3) is 5.65 Å². The molecule has 23 heavy (non-hydrogen) atoms. The van der Waals surface area contributed by atoms with Crippen LogP contribution in [-0.4, -0.2) is 39.4 Å². The topological polar surface area (TPSA) is 71.8 Å². The number of hydrogen-bond donors (Lipinski definition) is 1. The molecule has 0 radical (unpaired) electrons. The molecule has 7 nitrogen and oxygen atoms in total. The summed E-state index contributed by atoms with van der Waals surface area (Å²) < 4.78 is 6.93. The molecule has 0 aliphatic carbocycles. The molecule has 1 N–H and O–H groups in total. The summed E-state index contributed by atoms with van der Waals surface area (Å²) >= 11 is 0. The summed E-state index contributed by atoms with van der Waals surface area (Å²) in [7, 11) is 0. The molecular formula is C16H23N5O2. The third-order valence-electron chi connectivity index (χ3n) is 3.72. The molecule has 0 saturated carbocycles. The van der Waals surface area contributed by atoms with Gasteiger partial charge >= 0.3 is 6.09 Å². The summed E-state index contributed by atoms with van der Waals surface area (Å²) in [5, 5.41) is 6.99. The van der Waals surface area contributed by atoms with Gasteiger partial charge in [0.1, 0.15) is 17.2 Å². The van der Waals surface area contributed by atoms with E-state index in [0.29, 0.717) is 17.4 Å². The van der Waals surface area contributed by atoms with Gasteiger partial charge in [-0.2, -0.15) is 9.61 Å². The van der Waals surface area contributed by atoms with Gasteiger partial charge in [0.2, 0.25) is 0 Å². The van der Waals surface area contributed by atoms with E-state index in [1.54, 1.807) is 10.7 Å². The van der Waals surface area contributed by atoms with E-state index in [0.717, 1.165) is 25.3 Å². The smallest absolute Gasteiger partial charge is 0.413 e. The van der Waals surface area contributed by atoms with Gasteiger partial charge in [0.25, 0.3) is 0 Å². The molecule has 124 valence electrons. The van der Waals surface area contributed by atoms with Crippen LogP contribution in [0.2, 0.25) is 0 Å². The van der Waals surface area contributed by atoms with E-state index >= 15 is 0 Å². The normalized spacial score (nSPS) is 18.4. The molecule has 1 saturated heterocycles. The van der Waals surface area contributed by atoms with Crippen LogP contribution >= 0.6 is 0 Å². The van der Waals surface area contributed by atoms with E-state index in [1.165, 1.54) is 0 Å². The minimum Gasteiger partial charge on any atom is -0.444 e. The average molecular weight is 317 g/mol. The summed E-state index contributed by atoms with van der Waals surface area (Å²) in [6.07, 6.45) is 2.32. The van der Waals surface area contributed by atoms with Crippen molar-refractivity contribution in [1.29, 1.82) is 0 Å². The number of fused-ring (bicyclic) bond motifs is 1. The van der Waals surface area contributed by atoms with Gasteiger partial charge in [0, 0.05) is 25.2 Å². The Labute approximate surface area is 135 Å². The first kappa shape index (κ1) is 15.6. The maximum Gasteiger partial charge on any atom is 0.413 e. The lowest BCUT2D eigenvalue weighted by Gasteiger charge is -2.21. The maximum absolute atomic E-state index is 12.1. The number of carbonyl (C=O) groups is 1. The van der Waals surface area contributed by atoms with Gasteiger partial charge in [-0.15, -0.1) is 0 Å². The van der Waals surface area contributed by atoms with E-state index in [-0.39, 0.29) is 0 Å². The minimum absolute atomic E-state index is 0.499. The first-order chi connectivity index (χ1) is 10.8. The molecule has 1 atom stereocenters. The van der Waals surface area contributed by atoms with Gasteiger partial charge < -0.3 is 9.64 Å². The summed E-state index contributed by atoms with van der Waals surface area (Å²) in [6.45, 7) is 9.68. The Morgan fingerprint density at radius 2 is 2.22 bits per heavy atom. The van der Waals surface area contributed by atoms with E-state index < -0.39 is 11.7 Å². The molecule has 7 heteroatoms. The van der Waals surface area contributed by atoms with Crippen LogP contribution in [0, 0.1) is 5.92 Å². The average Bonchev–Trinajstić information content (AvgIpc) is 3.04. The van der Waals surface area contributed by atoms with Gasteiger partial charge in [0.15, 0.2) is 5.65 Å². The van der Waals surface area contributed by atoms with Crippen LogP contribution in [0.1, 0.15) is 34.1 Å². The first-order valence-electron chi connectivity index (χ1n) is 7.91. The molecule has 0 aromatic carbocycles. The van der Waals surface area contributed by atoms with E-state index in [1.807, 2.05) is 32.9 Å². The Morgan fingerprint density at radius 1 is 1.43 bits per heavy atom. The van der Waals surface area contributed by atoms with Crippen LogP contribution in [-0.2, 0) is 4.74 Å². The van der Waals surface area contributed by atoms with E-state index in [9.17, 15) is 4.79 Å². The molecule has 0 bridgehead atoms. The highest BCUT2D eigenvalue weighted by molar-refractivity contribution is 5.84. The molecule has 2 aromatic rings. The monoisotopic (exact) mass is 317 g/mol. The lowest BCUT2D eigenvalue weighted by molar-refractivity contribution is 0.0635. The highest BCUT2D eigenvalue weighted by atomic mass is 16.6. The van der Waals surface area contributed by atoms with Crippen LogP contribution in [0.15, 0.2) is 18.3 Å². The SMILES string of the molecule is C[C@H]1CCN(c2cc(NC(=O)OC(C)(C)C)n3nccc3n2)C1. The second kappa shape index (κ2) is 5.72. The van der Waals surface area contributed by atoms with Crippen molar-refractivity contribution in [2.24, 2.45) is 5.92 Å². The largest absolute Gasteiger partial charge is 0.444 e. The number of nitrogens with one attached hydrogen (secondary N) is 1. The zero-order valence-electron chi connectivity index (χ0n) is 14.0. The van der Waals surface area contributed by atoms with E-state index in [4.69, 9.17) is 4.74 Å². The second-order valence-electron chi connectivity index (χ2n) is 7.07. The second-order valence-corrected chi connectivity index (χ2v) is 7.07. The Kier molecular flexibility index (Phi) is 3.87. The third-order valence-corrected chi connectivity index (χ3v) is 3.72. The number of anilines is 2. The summed E-state index contributed by atoms with van der Waals surface area (Å²) in [5.74, 6) is 2.07. The predicted octanol–water partition coefficient (Wildman–Crippen LogP) is 2.92. The van der Waals surface area contributed by atoms with Crippen molar-refractivity contribution in [2.45, 2.75) is 39.7 Å². The van der Waals surface area contributed by atoms with Crippen molar-refractivity contribution in [1.82, 2.24) is 14.6 Å². The van der Waals surface area contributed by atoms with Gasteiger partial charge in [-0.3, -0.25) is 5.32 Å². The Bertz CT molecular complexity index is 719. The third kappa shape index (κ3) is 3.55. The van der Waals surface area contributed by atoms with E-state index in [2.05, 4.69) is 27.2 Å². The highest BCUT2D eigenvalue weighted by Gasteiger charge is 2.22. The Morgan fingerprint density at radius 3 is 2.87 bits per heavy atom. The molecule has 0 spiro atoms. The lowest BCUT2D eigenvalue weighted by atomic mass is 10.2. The predicted molar refractivity (Wildman–Crippen MR) is 88.8 cm³/mol. The van der Waals surface area contributed by atoms with Crippen molar-refractivity contribution >= 4 is 23.4 Å². The molecule has 1 amide bonds. The van der Waals surface area contributed by atoms with Gasteiger partial charge in [-0.05, 0) is 33.1 Å². The standard InChI is InChI=1S/C16H23N5O2/c1-11-6-8-20(10-11)13-9-14(19-15(22)23-16(2,3)4)21-12(18-13)5-7-17-21/h5,7,9,11H,6,8,10H2,1-4H3,(H,19,22)/t11-/m0/s1. The van der Waals surface area contributed by atoms with Crippen molar-refractivity contribution in [3.8, 4) is 0 Å². The fourth-order valence-corrected chi connectivity index (χ4v) is 2.70. The van der Waals surface area contributed by atoms with Gasteiger partial charge in [-0.25, -0.2) is 9.78 Å².